The molecule has 10 heavy (non-hydrogen) atoms. The molecule has 0 amide bonds. The second-order valence-corrected chi connectivity index (χ2v) is 7.74. The standard InChI is InChI=1S/C4H10N2Si.CH2N2/c1-7(2,3)4-6-5;1-3-2/h4H,1-3H3;1H2. The Kier molecular flexibility index (Phi) is 7.16. The second-order valence-electron chi connectivity index (χ2n) is 2.75. The predicted molar refractivity (Wildman–Crippen MR) is 43.8 cm³/mol. The van der Waals surface area contributed by atoms with Crippen LogP contribution in [0.25, 0.3) is 11.1 Å². The van der Waals surface area contributed by atoms with E-state index >= 15 is 0 Å². The van der Waals surface area contributed by atoms with E-state index in [0.717, 1.165) is 0 Å². The van der Waals surface area contributed by atoms with Gasteiger partial charge in [0.05, 0.1) is 0 Å². The molecule has 0 saturated carbocycles. The van der Waals surface area contributed by atoms with Crippen molar-refractivity contribution >= 4 is 20.6 Å². The normalized spacial score (nSPS) is 7.90. The van der Waals surface area contributed by atoms with Crippen LogP contribution in [0.3, 0.4) is 0 Å². The Morgan fingerprint density at radius 2 is 1.60 bits per heavy atom. The summed E-state index contributed by atoms with van der Waals surface area (Å²) in [6, 6.07) is 0. The summed E-state index contributed by atoms with van der Waals surface area (Å²) < 4.78 is 0. The average molecular weight is 156 g/mol. The van der Waals surface area contributed by atoms with Crippen LogP contribution in [0.4, 0.5) is 0 Å². The molecule has 0 aliphatic heterocycles. The van der Waals surface area contributed by atoms with Crippen LogP contribution >= 0.6 is 0 Å². The van der Waals surface area contributed by atoms with Gasteiger partial charge in [0.25, 0.3) is 0 Å². The van der Waals surface area contributed by atoms with E-state index in [0.29, 0.717) is 0 Å². The Hall–Kier alpha value is -1.02. The average Bonchev–Trinajstić information content (AvgIpc) is 1.63. The maximum Gasteiger partial charge on any atom is 0.245 e. The Morgan fingerprint density at radius 3 is 1.60 bits per heavy atom. The Labute approximate surface area is 61.8 Å². The quantitative estimate of drug-likeness (QED) is 0.236. The van der Waals surface area contributed by atoms with Gasteiger partial charge in [0.2, 0.25) is 12.6 Å². The van der Waals surface area contributed by atoms with Gasteiger partial charge in [-0.15, -0.1) is 0 Å². The van der Waals surface area contributed by atoms with E-state index in [1.807, 2.05) is 0 Å². The van der Waals surface area contributed by atoms with Crippen LogP contribution in [0.5, 0.6) is 0 Å². The van der Waals surface area contributed by atoms with Gasteiger partial charge >= 0.3 is 0 Å². The van der Waals surface area contributed by atoms with E-state index < -0.39 is 8.07 Å². The topological polar surface area (TPSA) is 72.8 Å². The third kappa shape index (κ3) is 28.1. The van der Waals surface area contributed by atoms with Crippen molar-refractivity contribution in [3.05, 3.63) is 11.1 Å². The highest BCUT2D eigenvalue weighted by Gasteiger charge is 2.14. The molecule has 0 atom stereocenters. The van der Waals surface area contributed by atoms with Crippen molar-refractivity contribution in [3.8, 4) is 0 Å². The molecule has 0 heterocycles. The van der Waals surface area contributed by atoms with Crippen LogP contribution in [-0.4, -0.2) is 30.2 Å². The molecule has 4 nitrogen and oxygen atoms in total. The van der Waals surface area contributed by atoms with Crippen molar-refractivity contribution in [3.63, 3.8) is 0 Å². The Balaban J connectivity index is 0. The second kappa shape index (κ2) is 6.10. The molecule has 0 unspecified atom stereocenters. The van der Waals surface area contributed by atoms with E-state index in [1.54, 1.807) is 5.84 Å². The summed E-state index contributed by atoms with van der Waals surface area (Å²) in [5, 5.41) is 0. The summed E-state index contributed by atoms with van der Waals surface area (Å²) in [7, 11) is -1.20. The van der Waals surface area contributed by atoms with E-state index in [9.17, 15) is 0 Å². The van der Waals surface area contributed by atoms with Gasteiger partial charge in [-0.25, -0.2) is 0 Å². The first-order valence-electron chi connectivity index (χ1n) is 2.76. The molecule has 0 radical (unpaired) electrons. The van der Waals surface area contributed by atoms with E-state index in [2.05, 4.69) is 35.9 Å². The Bertz CT molecular complexity index is 157. The monoisotopic (exact) mass is 156 g/mol. The molecule has 0 rings (SSSR count). The third-order valence-corrected chi connectivity index (χ3v) is 1.34. The van der Waals surface area contributed by atoms with Crippen LogP contribution in [0.15, 0.2) is 0 Å². The fraction of sp³-hybridized carbons (Fsp3) is 0.600. The number of rotatable bonds is 1. The largest absolute Gasteiger partial charge is 0.363 e. The third-order valence-electron chi connectivity index (χ3n) is 0.445. The molecule has 0 saturated heterocycles. The van der Waals surface area contributed by atoms with E-state index in [-0.39, 0.29) is 0 Å². The lowest BCUT2D eigenvalue weighted by atomic mass is 11.7. The molecule has 0 aromatic heterocycles. The van der Waals surface area contributed by atoms with Crippen LogP contribution in [-0.2, 0) is 0 Å². The summed E-state index contributed by atoms with van der Waals surface area (Å²) in [4.78, 5) is 5.19. The SMILES string of the molecule is C=[N+]=[N-].C[Si](C)(C)C=[N+]=[N-]. The molecule has 0 N–H and O–H groups in total. The minimum Gasteiger partial charge on any atom is -0.363 e. The summed E-state index contributed by atoms with van der Waals surface area (Å²) in [5.41, 5.74) is 15.1. The molecule has 56 valence electrons. The minimum atomic E-state index is -1.20. The van der Waals surface area contributed by atoms with Crippen LogP contribution in [0.1, 0.15) is 0 Å². The smallest absolute Gasteiger partial charge is 0.245 e. The zero-order valence-electron chi connectivity index (χ0n) is 6.57. The summed E-state index contributed by atoms with van der Waals surface area (Å²) >= 11 is 0. The zero-order chi connectivity index (χ0) is 8.62. The van der Waals surface area contributed by atoms with Gasteiger partial charge in [0.15, 0.2) is 8.07 Å². The predicted octanol–water partition coefficient (Wildman–Crippen LogP) is 1.08. The van der Waals surface area contributed by atoms with Crippen molar-refractivity contribution in [2.24, 2.45) is 0 Å². The van der Waals surface area contributed by atoms with Crippen LogP contribution in [0.2, 0.25) is 19.6 Å². The van der Waals surface area contributed by atoms with Crippen molar-refractivity contribution in [1.82, 2.24) is 0 Å². The van der Waals surface area contributed by atoms with Gasteiger partial charge in [0, 0.05) is 0 Å². The van der Waals surface area contributed by atoms with Crippen LogP contribution in [0, 0.1) is 0 Å². The first kappa shape index (κ1) is 11.7. The first-order chi connectivity index (χ1) is 4.47. The summed E-state index contributed by atoms with van der Waals surface area (Å²) in [6.45, 7) is 8.98. The van der Waals surface area contributed by atoms with Gasteiger partial charge in [-0.3, -0.25) is 0 Å². The van der Waals surface area contributed by atoms with Gasteiger partial charge < -0.3 is 11.1 Å². The van der Waals surface area contributed by atoms with Crippen molar-refractivity contribution in [2.75, 3.05) is 0 Å². The highest BCUT2D eigenvalue weighted by Crippen LogP contribution is 1.91. The van der Waals surface area contributed by atoms with Gasteiger partial charge in [0.1, 0.15) is 0 Å². The van der Waals surface area contributed by atoms with Crippen molar-refractivity contribution in [1.29, 1.82) is 0 Å². The van der Waals surface area contributed by atoms with Gasteiger partial charge in [-0.1, -0.05) is 19.6 Å². The molecule has 0 spiro atoms. The summed E-state index contributed by atoms with van der Waals surface area (Å²) in [5.74, 6) is 1.63. The highest BCUT2D eigenvalue weighted by atomic mass is 28.3. The molecular weight excluding hydrogens is 144 g/mol. The maximum atomic E-state index is 8.01. The molecule has 0 aliphatic rings. The summed E-state index contributed by atoms with van der Waals surface area (Å²) in [6.07, 6.45) is 0. The first-order valence-corrected chi connectivity index (χ1v) is 6.34. The maximum absolute atomic E-state index is 8.01. The molecule has 0 fully saturated rings. The number of nitrogens with zero attached hydrogens (tertiary/aromatic N) is 4. The van der Waals surface area contributed by atoms with Crippen molar-refractivity contribution in [2.45, 2.75) is 19.6 Å². The Morgan fingerprint density at radius 1 is 1.30 bits per heavy atom. The van der Waals surface area contributed by atoms with E-state index in [4.69, 9.17) is 11.1 Å². The number of hydrogen-bond acceptors (Lipinski definition) is 0. The molecular formula is C5H12N4Si. The van der Waals surface area contributed by atoms with Crippen LogP contribution < -0.4 is 0 Å². The lowest BCUT2D eigenvalue weighted by Gasteiger charge is -1.95. The molecule has 0 aliphatic carbocycles. The lowest BCUT2D eigenvalue weighted by Crippen LogP contribution is -2.22. The zero-order valence-corrected chi connectivity index (χ0v) is 7.57. The number of hydrogen-bond donors (Lipinski definition) is 0. The highest BCUT2D eigenvalue weighted by molar-refractivity contribution is 6.98. The van der Waals surface area contributed by atoms with E-state index in [1.165, 1.54) is 0 Å². The molecule has 0 aromatic carbocycles. The van der Waals surface area contributed by atoms with Crippen molar-refractivity contribution < 1.29 is 9.58 Å². The molecule has 0 aromatic rings. The lowest BCUT2D eigenvalue weighted by molar-refractivity contribution is 0.00677. The minimum absolute atomic E-state index is 1.20. The fourth-order valence-corrected chi connectivity index (χ4v) is 0.520. The molecule has 5 heteroatoms. The van der Waals surface area contributed by atoms with Gasteiger partial charge in [-0.05, 0) is 0 Å². The molecule has 0 bridgehead atoms. The van der Waals surface area contributed by atoms with Gasteiger partial charge in [-0.2, -0.15) is 9.58 Å². The fourth-order valence-electron chi connectivity index (χ4n) is 0.173.